The summed E-state index contributed by atoms with van der Waals surface area (Å²) in [5.41, 5.74) is 1.44. The van der Waals surface area contributed by atoms with E-state index in [-0.39, 0.29) is 5.41 Å². The number of ether oxygens (including phenoxy) is 1. The summed E-state index contributed by atoms with van der Waals surface area (Å²) in [6, 6.07) is 10.5. The zero-order valence-electron chi connectivity index (χ0n) is 13.0. The van der Waals surface area contributed by atoms with E-state index in [1.165, 1.54) is 5.56 Å². The van der Waals surface area contributed by atoms with Crippen molar-refractivity contribution in [2.24, 2.45) is 5.41 Å². The Morgan fingerprint density at radius 2 is 2.05 bits per heavy atom. The second-order valence-electron chi connectivity index (χ2n) is 6.11. The molecule has 0 spiro atoms. The van der Waals surface area contributed by atoms with Crippen LogP contribution in [0, 0.1) is 5.41 Å². The lowest BCUT2D eigenvalue weighted by molar-refractivity contribution is 0.0572. The van der Waals surface area contributed by atoms with Gasteiger partial charge in [0.15, 0.2) is 0 Å². The number of benzene rings is 1. The fourth-order valence-electron chi connectivity index (χ4n) is 2.13. The molecule has 4 heteroatoms. The Hall–Kier alpha value is -1.65. The number of hydrogen-bond donors (Lipinski definition) is 1. The first-order valence-electron chi connectivity index (χ1n) is 7.44. The molecule has 1 heterocycles. The maximum atomic E-state index is 5.79. The molecule has 0 saturated carbocycles. The molecule has 21 heavy (non-hydrogen) atoms. The van der Waals surface area contributed by atoms with Gasteiger partial charge in [0.05, 0.1) is 19.5 Å². The predicted molar refractivity (Wildman–Crippen MR) is 85.0 cm³/mol. The number of rotatable bonds is 9. The molecule has 0 aliphatic heterocycles. The second kappa shape index (κ2) is 7.96. The molecule has 0 amide bonds. The van der Waals surface area contributed by atoms with Crippen LogP contribution in [-0.4, -0.2) is 29.3 Å². The lowest BCUT2D eigenvalue weighted by Crippen LogP contribution is -2.33. The third-order valence-electron chi connectivity index (χ3n) is 3.32. The number of nitrogens with zero attached hydrogens (tertiary/aromatic N) is 2. The van der Waals surface area contributed by atoms with E-state index in [0.717, 1.165) is 32.8 Å². The molecule has 0 radical (unpaired) electrons. The van der Waals surface area contributed by atoms with Crippen LogP contribution in [0.2, 0.25) is 0 Å². The molecule has 0 saturated heterocycles. The molecule has 1 aromatic carbocycles. The van der Waals surface area contributed by atoms with Crippen molar-refractivity contribution in [3.05, 3.63) is 54.6 Å². The summed E-state index contributed by atoms with van der Waals surface area (Å²) in [5, 5.41) is 3.50. The Morgan fingerprint density at radius 1 is 1.24 bits per heavy atom. The standard InChI is InChI=1S/C17H25N3O/c1-17(2,13-19-12-16-6-4-3-5-7-16)14-21-11-10-20-9-8-18-15-20/h3-9,15,19H,10-14H2,1-2H3. The van der Waals surface area contributed by atoms with Gasteiger partial charge in [0.25, 0.3) is 0 Å². The van der Waals surface area contributed by atoms with Crippen LogP contribution in [0.25, 0.3) is 0 Å². The highest BCUT2D eigenvalue weighted by atomic mass is 16.5. The zero-order chi connectivity index (χ0) is 15.0. The van der Waals surface area contributed by atoms with Crippen LogP contribution >= 0.6 is 0 Å². The number of aromatic nitrogens is 2. The van der Waals surface area contributed by atoms with Crippen LogP contribution in [-0.2, 0) is 17.8 Å². The SMILES string of the molecule is CC(C)(CNCc1ccccc1)COCCn1ccnc1. The van der Waals surface area contributed by atoms with E-state index in [9.17, 15) is 0 Å². The summed E-state index contributed by atoms with van der Waals surface area (Å²) in [7, 11) is 0. The molecule has 1 N–H and O–H groups in total. The van der Waals surface area contributed by atoms with Gasteiger partial charge in [-0.05, 0) is 5.56 Å². The van der Waals surface area contributed by atoms with E-state index < -0.39 is 0 Å². The van der Waals surface area contributed by atoms with Crippen molar-refractivity contribution in [1.29, 1.82) is 0 Å². The summed E-state index contributed by atoms with van der Waals surface area (Å²) in [6.07, 6.45) is 5.56. The Morgan fingerprint density at radius 3 is 2.76 bits per heavy atom. The highest BCUT2D eigenvalue weighted by Gasteiger charge is 2.17. The third-order valence-corrected chi connectivity index (χ3v) is 3.32. The zero-order valence-corrected chi connectivity index (χ0v) is 13.0. The highest BCUT2D eigenvalue weighted by molar-refractivity contribution is 5.14. The van der Waals surface area contributed by atoms with Crippen LogP contribution < -0.4 is 5.32 Å². The summed E-state index contributed by atoms with van der Waals surface area (Å²) < 4.78 is 7.81. The molecule has 2 aromatic rings. The largest absolute Gasteiger partial charge is 0.379 e. The molecular formula is C17H25N3O. The highest BCUT2D eigenvalue weighted by Crippen LogP contribution is 2.14. The number of imidazole rings is 1. The molecule has 1 aromatic heterocycles. The summed E-state index contributed by atoms with van der Waals surface area (Å²) >= 11 is 0. The van der Waals surface area contributed by atoms with Crippen LogP contribution in [0.4, 0.5) is 0 Å². The van der Waals surface area contributed by atoms with Gasteiger partial charge in [0, 0.05) is 37.4 Å². The summed E-state index contributed by atoms with van der Waals surface area (Å²) in [4.78, 5) is 4.02. The van der Waals surface area contributed by atoms with Crippen molar-refractivity contribution < 1.29 is 4.74 Å². The minimum Gasteiger partial charge on any atom is -0.379 e. The van der Waals surface area contributed by atoms with Crippen molar-refractivity contribution >= 4 is 0 Å². The summed E-state index contributed by atoms with van der Waals surface area (Å²) in [5.74, 6) is 0. The minimum absolute atomic E-state index is 0.129. The van der Waals surface area contributed by atoms with Crippen LogP contribution in [0.15, 0.2) is 49.1 Å². The van der Waals surface area contributed by atoms with Gasteiger partial charge >= 0.3 is 0 Å². The minimum atomic E-state index is 0.129. The Labute approximate surface area is 127 Å². The Bertz CT molecular complexity index is 494. The second-order valence-corrected chi connectivity index (χ2v) is 6.11. The molecule has 2 rings (SSSR count). The van der Waals surface area contributed by atoms with Gasteiger partial charge in [-0.25, -0.2) is 4.98 Å². The Balaban J connectivity index is 1.60. The Kier molecular flexibility index (Phi) is 5.96. The molecule has 114 valence electrons. The molecule has 0 atom stereocenters. The van der Waals surface area contributed by atoms with Crippen LogP contribution in [0.3, 0.4) is 0 Å². The summed E-state index contributed by atoms with van der Waals surface area (Å²) in [6.45, 7) is 8.62. The van der Waals surface area contributed by atoms with E-state index in [1.807, 2.05) is 23.2 Å². The van der Waals surface area contributed by atoms with Gasteiger partial charge < -0.3 is 14.6 Å². The molecule has 0 aliphatic carbocycles. The monoisotopic (exact) mass is 287 g/mol. The average molecular weight is 287 g/mol. The molecule has 0 fully saturated rings. The number of nitrogens with one attached hydrogen (secondary N) is 1. The molecule has 0 bridgehead atoms. The maximum Gasteiger partial charge on any atom is 0.0946 e. The predicted octanol–water partition coefficient (Wildman–Crippen LogP) is 2.72. The van der Waals surface area contributed by atoms with E-state index in [2.05, 4.69) is 48.4 Å². The topological polar surface area (TPSA) is 39.1 Å². The van der Waals surface area contributed by atoms with E-state index in [1.54, 1.807) is 6.20 Å². The van der Waals surface area contributed by atoms with Crippen molar-refractivity contribution in [1.82, 2.24) is 14.9 Å². The van der Waals surface area contributed by atoms with Gasteiger partial charge in [-0.3, -0.25) is 0 Å². The fourth-order valence-corrected chi connectivity index (χ4v) is 2.13. The van der Waals surface area contributed by atoms with Gasteiger partial charge in [-0.2, -0.15) is 0 Å². The first kappa shape index (κ1) is 15.7. The van der Waals surface area contributed by atoms with Gasteiger partial charge in [-0.1, -0.05) is 44.2 Å². The number of hydrogen-bond acceptors (Lipinski definition) is 3. The van der Waals surface area contributed by atoms with E-state index in [4.69, 9.17) is 4.74 Å². The fraction of sp³-hybridized carbons (Fsp3) is 0.471. The van der Waals surface area contributed by atoms with E-state index >= 15 is 0 Å². The van der Waals surface area contributed by atoms with Crippen molar-refractivity contribution in [2.75, 3.05) is 19.8 Å². The quantitative estimate of drug-likeness (QED) is 0.721. The molecule has 0 unspecified atom stereocenters. The van der Waals surface area contributed by atoms with E-state index in [0.29, 0.717) is 0 Å². The third kappa shape index (κ3) is 6.10. The van der Waals surface area contributed by atoms with Gasteiger partial charge in [-0.15, -0.1) is 0 Å². The first-order valence-corrected chi connectivity index (χ1v) is 7.44. The van der Waals surface area contributed by atoms with Crippen LogP contribution in [0.1, 0.15) is 19.4 Å². The first-order chi connectivity index (χ1) is 10.2. The average Bonchev–Trinajstić information content (AvgIpc) is 2.98. The van der Waals surface area contributed by atoms with Gasteiger partial charge in [0.2, 0.25) is 0 Å². The van der Waals surface area contributed by atoms with Crippen LogP contribution in [0.5, 0.6) is 0 Å². The van der Waals surface area contributed by atoms with Gasteiger partial charge in [0.1, 0.15) is 0 Å². The lowest BCUT2D eigenvalue weighted by Gasteiger charge is -2.25. The van der Waals surface area contributed by atoms with Crippen molar-refractivity contribution in [3.63, 3.8) is 0 Å². The van der Waals surface area contributed by atoms with Crippen molar-refractivity contribution in [3.8, 4) is 0 Å². The maximum absolute atomic E-state index is 5.79. The normalized spacial score (nSPS) is 11.7. The molecule has 4 nitrogen and oxygen atoms in total. The van der Waals surface area contributed by atoms with Crippen molar-refractivity contribution in [2.45, 2.75) is 26.9 Å². The smallest absolute Gasteiger partial charge is 0.0946 e. The molecule has 0 aliphatic rings. The molecular weight excluding hydrogens is 262 g/mol. The lowest BCUT2D eigenvalue weighted by atomic mass is 9.95.